The second-order valence-electron chi connectivity index (χ2n) is 2.37. The van der Waals surface area contributed by atoms with Gasteiger partial charge in [-0.25, -0.2) is 0 Å². The fourth-order valence-corrected chi connectivity index (χ4v) is 1.38. The molecule has 70 valence electrons. The van der Waals surface area contributed by atoms with Crippen LogP contribution in [0.4, 0.5) is 0 Å². The molecule has 1 N–H and O–H groups in total. The molecule has 0 saturated carbocycles. The summed E-state index contributed by atoms with van der Waals surface area (Å²) in [5.41, 5.74) is 1.35. The Balaban J connectivity index is 3.05. The number of nitrogens with zero attached hydrogens (tertiary/aromatic N) is 1. The third kappa shape index (κ3) is 2.45. The van der Waals surface area contributed by atoms with Gasteiger partial charge in [-0.1, -0.05) is 33.2 Å². The Labute approximate surface area is 85.2 Å². The second-order valence-corrected chi connectivity index (χ2v) is 2.93. The van der Waals surface area contributed by atoms with Gasteiger partial charge in [-0.3, -0.25) is 0 Å². The van der Waals surface area contributed by atoms with E-state index in [4.69, 9.17) is 0 Å². The largest absolute Gasteiger partial charge is 0.507 e. The highest BCUT2D eigenvalue weighted by Crippen LogP contribution is 2.17. The van der Waals surface area contributed by atoms with Crippen LogP contribution >= 0.6 is 15.9 Å². The summed E-state index contributed by atoms with van der Waals surface area (Å²) in [7, 11) is 1.47. The molecular weight excluding hydrogens is 234 g/mol. The maximum Gasteiger partial charge on any atom is 0.124 e. The Bertz CT molecular complexity index is 312. The van der Waals surface area contributed by atoms with Gasteiger partial charge in [0.05, 0.1) is 0 Å². The number of phenols is 1. The first-order chi connectivity index (χ1) is 6.29. The molecule has 0 fully saturated rings. The van der Waals surface area contributed by atoms with E-state index in [1.54, 1.807) is 18.2 Å². The molecule has 4 heteroatoms. The number of oxime groups is 1. The summed E-state index contributed by atoms with van der Waals surface area (Å²) < 4.78 is 0. The van der Waals surface area contributed by atoms with E-state index in [1.165, 1.54) is 7.11 Å². The molecule has 0 amide bonds. The van der Waals surface area contributed by atoms with Crippen LogP contribution < -0.4 is 0 Å². The standard InChI is InChI=1S/C9H10BrNO2/c1-13-11-8(6-10)7-4-2-3-5-9(7)12/h2-5,12H,6H2,1H3. The number of aromatic hydroxyl groups is 1. The van der Waals surface area contributed by atoms with Crippen LogP contribution in [0.25, 0.3) is 0 Å². The van der Waals surface area contributed by atoms with Gasteiger partial charge in [-0.05, 0) is 12.1 Å². The number of benzene rings is 1. The van der Waals surface area contributed by atoms with Gasteiger partial charge in [-0.2, -0.15) is 0 Å². The predicted molar refractivity (Wildman–Crippen MR) is 55.4 cm³/mol. The fraction of sp³-hybridized carbons (Fsp3) is 0.222. The van der Waals surface area contributed by atoms with Crippen molar-refractivity contribution in [1.82, 2.24) is 0 Å². The Hall–Kier alpha value is -1.03. The highest BCUT2D eigenvalue weighted by atomic mass is 79.9. The van der Waals surface area contributed by atoms with Gasteiger partial charge in [0.25, 0.3) is 0 Å². The molecule has 0 radical (unpaired) electrons. The number of hydrogen-bond donors (Lipinski definition) is 1. The molecular formula is C9H10BrNO2. The minimum Gasteiger partial charge on any atom is -0.507 e. The molecule has 0 heterocycles. The molecule has 0 aliphatic rings. The number of halogens is 1. The van der Waals surface area contributed by atoms with Crippen LogP contribution in [0.15, 0.2) is 29.4 Å². The lowest BCUT2D eigenvalue weighted by atomic mass is 10.1. The van der Waals surface area contributed by atoms with E-state index in [0.29, 0.717) is 16.6 Å². The summed E-state index contributed by atoms with van der Waals surface area (Å²) in [6, 6.07) is 7.00. The summed E-state index contributed by atoms with van der Waals surface area (Å²) in [4.78, 5) is 4.65. The topological polar surface area (TPSA) is 41.8 Å². The first-order valence-corrected chi connectivity index (χ1v) is 4.86. The number of hydrogen-bond acceptors (Lipinski definition) is 3. The Kier molecular flexibility index (Phi) is 3.76. The molecule has 0 aliphatic heterocycles. The van der Waals surface area contributed by atoms with Crippen LogP contribution in [0, 0.1) is 0 Å². The zero-order valence-electron chi connectivity index (χ0n) is 7.20. The Morgan fingerprint density at radius 2 is 2.23 bits per heavy atom. The molecule has 0 unspecified atom stereocenters. The van der Waals surface area contributed by atoms with Crippen LogP contribution in [-0.2, 0) is 4.84 Å². The summed E-state index contributed by atoms with van der Waals surface area (Å²) >= 11 is 3.27. The van der Waals surface area contributed by atoms with Crippen molar-refractivity contribution in [2.24, 2.45) is 5.16 Å². The molecule has 3 nitrogen and oxygen atoms in total. The van der Waals surface area contributed by atoms with Crippen molar-refractivity contribution in [2.75, 3.05) is 12.4 Å². The zero-order valence-corrected chi connectivity index (χ0v) is 8.78. The van der Waals surface area contributed by atoms with E-state index in [9.17, 15) is 5.11 Å². The summed E-state index contributed by atoms with van der Waals surface area (Å²) in [6.45, 7) is 0. The maximum absolute atomic E-state index is 9.48. The summed E-state index contributed by atoms with van der Waals surface area (Å²) in [5, 5.41) is 13.8. The minimum absolute atomic E-state index is 0.206. The normalized spacial score (nSPS) is 11.4. The first-order valence-electron chi connectivity index (χ1n) is 3.74. The fourth-order valence-electron chi connectivity index (χ4n) is 0.973. The van der Waals surface area contributed by atoms with E-state index in [1.807, 2.05) is 6.07 Å². The summed E-state index contributed by atoms with van der Waals surface area (Å²) in [6.07, 6.45) is 0. The lowest BCUT2D eigenvalue weighted by Crippen LogP contribution is -2.02. The minimum atomic E-state index is 0.206. The first kappa shape index (κ1) is 10.1. The van der Waals surface area contributed by atoms with Crippen LogP contribution in [-0.4, -0.2) is 23.3 Å². The van der Waals surface area contributed by atoms with Gasteiger partial charge in [-0.15, -0.1) is 0 Å². The third-order valence-corrected chi connectivity index (χ3v) is 2.07. The van der Waals surface area contributed by atoms with Gasteiger partial charge in [0, 0.05) is 10.9 Å². The predicted octanol–water partition coefficient (Wildman–Crippen LogP) is 2.14. The van der Waals surface area contributed by atoms with Crippen molar-refractivity contribution >= 4 is 21.6 Å². The van der Waals surface area contributed by atoms with E-state index >= 15 is 0 Å². The van der Waals surface area contributed by atoms with E-state index in [-0.39, 0.29) is 5.75 Å². The van der Waals surface area contributed by atoms with E-state index in [0.717, 1.165) is 0 Å². The SMILES string of the molecule is CON=C(CBr)c1ccccc1O. The molecule has 1 aromatic rings. The van der Waals surface area contributed by atoms with Crippen molar-refractivity contribution in [3.8, 4) is 5.75 Å². The van der Waals surface area contributed by atoms with Crippen molar-refractivity contribution in [3.63, 3.8) is 0 Å². The number of para-hydroxylation sites is 1. The van der Waals surface area contributed by atoms with Gasteiger partial charge in [0.1, 0.15) is 18.6 Å². The molecule has 1 aromatic carbocycles. The van der Waals surface area contributed by atoms with E-state index < -0.39 is 0 Å². The number of rotatable bonds is 3. The lowest BCUT2D eigenvalue weighted by molar-refractivity contribution is 0.213. The molecule has 0 atom stereocenters. The van der Waals surface area contributed by atoms with Crippen LogP contribution in [0.2, 0.25) is 0 Å². The van der Waals surface area contributed by atoms with Crippen LogP contribution in [0.5, 0.6) is 5.75 Å². The van der Waals surface area contributed by atoms with Gasteiger partial charge in [0.2, 0.25) is 0 Å². The Morgan fingerprint density at radius 1 is 1.54 bits per heavy atom. The lowest BCUT2D eigenvalue weighted by Gasteiger charge is -2.03. The second kappa shape index (κ2) is 4.87. The number of alkyl halides is 1. The summed E-state index contributed by atoms with van der Waals surface area (Å²) in [5.74, 6) is 0.206. The molecule has 13 heavy (non-hydrogen) atoms. The number of phenolic OH excluding ortho intramolecular Hbond substituents is 1. The molecule has 0 bridgehead atoms. The highest BCUT2D eigenvalue weighted by Gasteiger charge is 2.06. The average Bonchev–Trinajstić information content (AvgIpc) is 2.16. The zero-order chi connectivity index (χ0) is 9.68. The van der Waals surface area contributed by atoms with Crippen LogP contribution in [0.3, 0.4) is 0 Å². The smallest absolute Gasteiger partial charge is 0.124 e. The van der Waals surface area contributed by atoms with Crippen molar-refractivity contribution in [2.45, 2.75) is 0 Å². The van der Waals surface area contributed by atoms with Gasteiger partial charge in [0.15, 0.2) is 0 Å². The van der Waals surface area contributed by atoms with Crippen LogP contribution in [0.1, 0.15) is 5.56 Å². The van der Waals surface area contributed by atoms with Gasteiger partial charge < -0.3 is 9.94 Å². The highest BCUT2D eigenvalue weighted by molar-refractivity contribution is 9.09. The maximum atomic E-state index is 9.48. The molecule has 0 aromatic heterocycles. The third-order valence-electron chi connectivity index (χ3n) is 1.54. The average molecular weight is 244 g/mol. The molecule has 0 spiro atoms. The Morgan fingerprint density at radius 3 is 2.77 bits per heavy atom. The molecule has 0 aliphatic carbocycles. The van der Waals surface area contributed by atoms with Crippen molar-refractivity contribution < 1.29 is 9.94 Å². The van der Waals surface area contributed by atoms with Crippen molar-refractivity contribution in [1.29, 1.82) is 0 Å². The quantitative estimate of drug-likeness (QED) is 0.502. The monoisotopic (exact) mass is 243 g/mol. The van der Waals surface area contributed by atoms with Crippen molar-refractivity contribution in [3.05, 3.63) is 29.8 Å². The van der Waals surface area contributed by atoms with Gasteiger partial charge >= 0.3 is 0 Å². The molecule has 0 saturated heterocycles. The van der Waals surface area contributed by atoms with E-state index in [2.05, 4.69) is 25.9 Å². The molecule has 1 rings (SSSR count).